The van der Waals surface area contributed by atoms with Gasteiger partial charge in [-0.15, -0.1) is 0 Å². The highest BCUT2D eigenvalue weighted by molar-refractivity contribution is 5.77. The molecule has 1 aromatic rings. The molecule has 0 aliphatic carbocycles. The third kappa shape index (κ3) is 3.65. The monoisotopic (exact) mass is 221 g/mol. The van der Waals surface area contributed by atoms with Crippen LogP contribution < -0.4 is 0 Å². The molecule has 0 saturated heterocycles. The van der Waals surface area contributed by atoms with Crippen molar-refractivity contribution in [2.45, 2.75) is 39.0 Å². The van der Waals surface area contributed by atoms with Crippen LogP contribution in [0.1, 0.15) is 44.6 Å². The zero-order valence-electron chi connectivity index (χ0n) is 9.98. The van der Waals surface area contributed by atoms with E-state index in [4.69, 9.17) is 4.74 Å². The van der Waals surface area contributed by atoms with E-state index in [0.717, 1.165) is 24.8 Å². The van der Waals surface area contributed by atoms with Gasteiger partial charge in [-0.3, -0.25) is 9.78 Å². The SMILES string of the molecule is CCCCOC(=O)C(CC)c1cccnc1. The molecule has 1 atom stereocenters. The van der Waals surface area contributed by atoms with Crippen LogP contribution in [0.25, 0.3) is 0 Å². The summed E-state index contributed by atoms with van der Waals surface area (Å²) in [5, 5.41) is 0. The molecule has 0 fully saturated rings. The van der Waals surface area contributed by atoms with Crippen molar-refractivity contribution in [2.24, 2.45) is 0 Å². The maximum Gasteiger partial charge on any atom is 0.313 e. The van der Waals surface area contributed by atoms with Gasteiger partial charge in [-0.05, 0) is 24.5 Å². The summed E-state index contributed by atoms with van der Waals surface area (Å²) < 4.78 is 5.22. The molecule has 0 saturated carbocycles. The number of unbranched alkanes of at least 4 members (excludes halogenated alkanes) is 1. The molecule has 0 spiro atoms. The van der Waals surface area contributed by atoms with Crippen LogP contribution in [0, 0.1) is 0 Å². The predicted molar refractivity (Wildman–Crippen MR) is 63.1 cm³/mol. The van der Waals surface area contributed by atoms with Crippen LogP contribution in [0.15, 0.2) is 24.5 Å². The van der Waals surface area contributed by atoms with Crippen LogP contribution in [0.4, 0.5) is 0 Å². The molecule has 88 valence electrons. The van der Waals surface area contributed by atoms with Crippen LogP contribution in [0.3, 0.4) is 0 Å². The Morgan fingerprint density at radius 3 is 2.88 bits per heavy atom. The van der Waals surface area contributed by atoms with E-state index in [0.29, 0.717) is 6.61 Å². The topological polar surface area (TPSA) is 39.2 Å². The molecule has 1 heterocycles. The second kappa shape index (κ2) is 6.99. The average Bonchev–Trinajstić information content (AvgIpc) is 2.32. The summed E-state index contributed by atoms with van der Waals surface area (Å²) in [7, 11) is 0. The number of pyridine rings is 1. The van der Waals surface area contributed by atoms with Gasteiger partial charge in [0.25, 0.3) is 0 Å². The average molecular weight is 221 g/mol. The molecule has 3 heteroatoms. The van der Waals surface area contributed by atoms with E-state index in [-0.39, 0.29) is 11.9 Å². The van der Waals surface area contributed by atoms with E-state index in [1.54, 1.807) is 12.4 Å². The highest BCUT2D eigenvalue weighted by Crippen LogP contribution is 2.19. The minimum Gasteiger partial charge on any atom is -0.465 e. The second-order valence-electron chi connectivity index (χ2n) is 3.77. The van der Waals surface area contributed by atoms with Gasteiger partial charge < -0.3 is 4.74 Å². The first-order valence-corrected chi connectivity index (χ1v) is 5.86. The molecule has 0 amide bonds. The highest BCUT2D eigenvalue weighted by Gasteiger charge is 2.19. The van der Waals surface area contributed by atoms with Crippen LogP contribution in [-0.2, 0) is 9.53 Å². The molecule has 16 heavy (non-hydrogen) atoms. The molecule has 0 aliphatic rings. The summed E-state index contributed by atoms with van der Waals surface area (Å²) >= 11 is 0. The summed E-state index contributed by atoms with van der Waals surface area (Å²) in [6, 6.07) is 3.76. The molecule has 1 rings (SSSR count). The second-order valence-corrected chi connectivity index (χ2v) is 3.77. The fraction of sp³-hybridized carbons (Fsp3) is 0.538. The van der Waals surface area contributed by atoms with Gasteiger partial charge in [-0.1, -0.05) is 26.3 Å². The number of carbonyl (C=O) groups excluding carboxylic acids is 1. The van der Waals surface area contributed by atoms with Crippen molar-refractivity contribution in [3.05, 3.63) is 30.1 Å². The highest BCUT2D eigenvalue weighted by atomic mass is 16.5. The molecule has 0 aromatic carbocycles. The quantitative estimate of drug-likeness (QED) is 0.547. The van der Waals surface area contributed by atoms with E-state index in [9.17, 15) is 4.79 Å². The van der Waals surface area contributed by atoms with Gasteiger partial charge in [0.05, 0.1) is 12.5 Å². The molecule has 0 bridgehead atoms. The first kappa shape index (κ1) is 12.7. The van der Waals surface area contributed by atoms with Gasteiger partial charge in [-0.2, -0.15) is 0 Å². The summed E-state index contributed by atoms with van der Waals surface area (Å²) in [5.41, 5.74) is 0.937. The summed E-state index contributed by atoms with van der Waals surface area (Å²) in [4.78, 5) is 15.8. The van der Waals surface area contributed by atoms with Gasteiger partial charge in [0.15, 0.2) is 0 Å². The summed E-state index contributed by atoms with van der Waals surface area (Å²) in [5.74, 6) is -0.311. The lowest BCUT2D eigenvalue weighted by Gasteiger charge is -2.13. The lowest BCUT2D eigenvalue weighted by molar-refractivity contribution is -0.145. The lowest BCUT2D eigenvalue weighted by atomic mass is 9.98. The Morgan fingerprint density at radius 1 is 1.50 bits per heavy atom. The van der Waals surface area contributed by atoms with E-state index in [1.165, 1.54) is 0 Å². The predicted octanol–water partition coefficient (Wildman–Crippen LogP) is 2.92. The van der Waals surface area contributed by atoms with Gasteiger partial charge in [-0.25, -0.2) is 0 Å². The van der Waals surface area contributed by atoms with Crippen LogP contribution in [-0.4, -0.2) is 17.6 Å². The maximum atomic E-state index is 11.8. The molecular weight excluding hydrogens is 202 g/mol. The fourth-order valence-electron chi connectivity index (χ4n) is 1.54. The third-order valence-corrected chi connectivity index (χ3v) is 2.52. The van der Waals surface area contributed by atoms with Crippen LogP contribution >= 0.6 is 0 Å². The van der Waals surface area contributed by atoms with Crippen molar-refractivity contribution in [3.8, 4) is 0 Å². The Hall–Kier alpha value is -1.38. The Bertz CT molecular complexity index is 311. The molecule has 1 unspecified atom stereocenters. The standard InChI is InChI=1S/C13H19NO2/c1-3-5-9-16-13(15)12(4-2)11-7-6-8-14-10-11/h6-8,10,12H,3-5,9H2,1-2H3. The van der Waals surface area contributed by atoms with Crippen molar-refractivity contribution >= 4 is 5.97 Å². The molecule has 0 radical (unpaired) electrons. The molecular formula is C13H19NO2. The Balaban J connectivity index is 2.57. The number of esters is 1. The van der Waals surface area contributed by atoms with Crippen molar-refractivity contribution in [2.75, 3.05) is 6.61 Å². The summed E-state index contributed by atoms with van der Waals surface area (Å²) in [6.45, 7) is 4.58. The lowest BCUT2D eigenvalue weighted by Crippen LogP contribution is -2.16. The number of carbonyl (C=O) groups is 1. The molecule has 3 nitrogen and oxygen atoms in total. The number of nitrogens with zero attached hydrogens (tertiary/aromatic N) is 1. The number of ether oxygens (including phenoxy) is 1. The largest absolute Gasteiger partial charge is 0.465 e. The first-order valence-electron chi connectivity index (χ1n) is 5.86. The molecule has 0 N–H and O–H groups in total. The van der Waals surface area contributed by atoms with E-state index < -0.39 is 0 Å². The minimum absolute atomic E-state index is 0.135. The Kier molecular flexibility index (Phi) is 5.54. The van der Waals surface area contributed by atoms with Crippen molar-refractivity contribution in [1.82, 2.24) is 4.98 Å². The molecule has 0 aliphatic heterocycles. The Morgan fingerprint density at radius 2 is 2.31 bits per heavy atom. The van der Waals surface area contributed by atoms with E-state index in [2.05, 4.69) is 11.9 Å². The van der Waals surface area contributed by atoms with Crippen molar-refractivity contribution in [1.29, 1.82) is 0 Å². The van der Waals surface area contributed by atoms with Gasteiger partial charge in [0, 0.05) is 12.4 Å². The molecule has 1 aromatic heterocycles. The van der Waals surface area contributed by atoms with Crippen LogP contribution in [0.5, 0.6) is 0 Å². The number of hydrogen-bond donors (Lipinski definition) is 0. The van der Waals surface area contributed by atoms with Crippen molar-refractivity contribution < 1.29 is 9.53 Å². The minimum atomic E-state index is -0.175. The summed E-state index contributed by atoms with van der Waals surface area (Å²) in [6.07, 6.45) is 6.15. The zero-order valence-corrected chi connectivity index (χ0v) is 9.98. The third-order valence-electron chi connectivity index (χ3n) is 2.52. The first-order chi connectivity index (χ1) is 7.79. The Labute approximate surface area is 96.8 Å². The number of hydrogen-bond acceptors (Lipinski definition) is 3. The fourth-order valence-corrected chi connectivity index (χ4v) is 1.54. The maximum absolute atomic E-state index is 11.8. The zero-order chi connectivity index (χ0) is 11.8. The number of rotatable bonds is 6. The van der Waals surface area contributed by atoms with Gasteiger partial charge in [0.2, 0.25) is 0 Å². The van der Waals surface area contributed by atoms with Crippen molar-refractivity contribution in [3.63, 3.8) is 0 Å². The number of aromatic nitrogens is 1. The van der Waals surface area contributed by atoms with Crippen LogP contribution in [0.2, 0.25) is 0 Å². The van der Waals surface area contributed by atoms with Gasteiger partial charge >= 0.3 is 5.97 Å². The normalized spacial score (nSPS) is 12.1. The smallest absolute Gasteiger partial charge is 0.313 e. The van der Waals surface area contributed by atoms with E-state index in [1.807, 2.05) is 19.1 Å². The van der Waals surface area contributed by atoms with Gasteiger partial charge in [0.1, 0.15) is 0 Å². The van der Waals surface area contributed by atoms with E-state index >= 15 is 0 Å².